The molecule has 1 saturated carbocycles. The average molecular weight is 287 g/mol. The van der Waals surface area contributed by atoms with E-state index in [9.17, 15) is 0 Å². The van der Waals surface area contributed by atoms with Gasteiger partial charge in [0.05, 0.1) is 12.7 Å². The fourth-order valence-electron chi connectivity index (χ4n) is 2.41. The molecule has 3 heteroatoms. The van der Waals surface area contributed by atoms with Crippen LogP contribution >= 0.6 is 0 Å². The molecular weight excluding hydrogens is 262 g/mol. The van der Waals surface area contributed by atoms with E-state index in [2.05, 4.69) is 42.7 Å². The third-order valence-electron chi connectivity index (χ3n) is 3.87. The number of nitrogens with zero attached hydrogens (tertiary/aromatic N) is 1. The van der Waals surface area contributed by atoms with Crippen molar-refractivity contribution in [3.8, 4) is 17.6 Å². The molecule has 0 amide bonds. The zero-order valence-corrected chi connectivity index (χ0v) is 13.2. The molecule has 21 heavy (non-hydrogen) atoms. The first-order valence-corrected chi connectivity index (χ1v) is 7.64. The van der Waals surface area contributed by atoms with Crippen LogP contribution in [0.5, 0.6) is 5.75 Å². The normalized spacial score (nSPS) is 14.2. The van der Waals surface area contributed by atoms with Gasteiger partial charge in [-0.25, -0.2) is 0 Å². The predicted molar refractivity (Wildman–Crippen MR) is 85.2 cm³/mol. The SMILES string of the molecule is COc1ccc(CN(CC2CC2)C(C)C)cc1C#CCO. The minimum absolute atomic E-state index is 0.132. The van der Waals surface area contributed by atoms with Crippen LogP contribution in [0.2, 0.25) is 0 Å². The number of aliphatic hydroxyl groups excluding tert-OH is 1. The minimum Gasteiger partial charge on any atom is -0.495 e. The molecule has 1 N–H and O–H groups in total. The maximum atomic E-state index is 8.86. The van der Waals surface area contributed by atoms with Gasteiger partial charge in [-0.15, -0.1) is 0 Å². The van der Waals surface area contributed by atoms with Crippen molar-refractivity contribution in [1.82, 2.24) is 4.90 Å². The number of aliphatic hydroxyl groups is 1. The molecule has 0 aliphatic heterocycles. The molecule has 1 aliphatic rings. The van der Waals surface area contributed by atoms with Gasteiger partial charge in [0.15, 0.2) is 0 Å². The highest BCUT2D eigenvalue weighted by molar-refractivity contribution is 5.48. The molecule has 1 aromatic rings. The van der Waals surface area contributed by atoms with Crippen molar-refractivity contribution in [2.24, 2.45) is 5.92 Å². The van der Waals surface area contributed by atoms with E-state index in [0.717, 1.165) is 23.8 Å². The zero-order chi connectivity index (χ0) is 15.2. The van der Waals surface area contributed by atoms with Crippen LogP contribution in [-0.4, -0.2) is 36.3 Å². The summed E-state index contributed by atoms with van der Waals surface area (Å²) in [6.45, 7) is 6.48. The second-order valence-electron chi connectivity index (χ2n) is 5.96. The second-order valence-corrected chi connectivity index (χ2v) is 5.96. The van der Waals surface area contributed by atoms with E-state index >= 15 is 0 Å². The lowest BCUT2D eigenvalue weighted by Crippen LogP contribution is -2.32. The van der Waals surface area contributed by atoms with Gasteiger partial charge >= 0.3 is 0 Å². The first-order valence-electron chi connectivity index (χ1n) is 7.64. The Labute approximate surface area is 127 Å². The van der Waals surface area contributed by atoms with Crippen molar-refractivity contribution in [1.29, 1.82) is 0 Å². The van der Waals surface area contributed by atoms with E-state index < -0.39 is 0 Å². The smallest absolute Gasteiger partial charge is 0.134 e. The summed E-state index contributed by atoms with van der Waals surface area (Å²) < 4.78 is 5.33. The van der Waals surface area contributed by atoms with Crippen LogP contribution in [0.3, 0.4) is 0 Å². The molecule has 0 heterocycles. The Bertz CT molecular complexity index is 524. The Morgan fingerprint density at radius 1 is 1.38 bits per heavy atom. The van der Waals surface area contributed by atoms with Gasteiger partial charge in [-0.2, -0.15) is 0 Å². The number of hydrogen-bond donors (Lipinski definition) is 1. The van der Waals surface area contributed by atoms with Crippen molar-refractivity contribution in [3.05, 3.63) is 29.3 Å². The summed E-state index contributed by atoms with van der Waals surface area (Å²) in [4.78, 5) is 2.52. The molecule has 0 atom stereocenters. The molecule has 2 rings (SSSR count). The Hall–Kier alpha value is -1.50. The molecule has 1 aliphatic carbocycles. The maximum absolute atomic E-state index is 8.86. The van der Waals surface area contributed by atoms with Gasteiger partial charge in [0.25, 0.3) is 0 Å². The summed E-state index contributed by atoms with van der Waals surface area (Å²) >= 11 is 0. The topological polar surface area (TPSA) is 32.7 Å². The number of hydrogen-bond acceptors (Lipinski definition) is 3. The molecule has 0 bridgehead atoms. The molecule has 3 nitrogen and oxygen atoms in total. The highest BCUT2D eigenvalue weighted by Crippen LogP contribution is 2.31. The van der Waals surface area contributed by atoms with E-state index in [1.165, 1.54) is 24.9 Å². The Kier molecular flexibility index (Phi) is 5.67. The summed E-state index contributed by atoms with van der Waals surface area (Å²) in [6, 6.07) is 6.68. The first kappa shape index (κ1) is 15.9. The number of methoxy groups -OCH3 is 1. The fraction of sp³-hybridized carbons (Fsp3) is 0.556. The summed E-state index contributed by atoms with van der Waals surface area (Å²) in [7, 11) is 1.65. The van der Waals surface area contributed by atoms with Gasteiger partial charge in [-0.1, -0.05) is 17.9 Å². The Morgan fingerprint density at radius 2 is 2.14 bits per heavy atom. The van der Waals surface area contributed by atoms with Crippen LogP contribution in [0.4, 0.5) is 0 Å². The summed E-state index contributed by atoms with van der Waals surface area (Å²) in [5.41, 5.74) is 2.09. The van der Waals surface area contributed by atoms with Gasteiger partial charge in [-0.05, 0) is 50.3 Å². The number of ether oxygens (including phenoxy) is 1. The quantitative estimate of drug-likeness (QED) is 0.817. The second kappa shape index (κ2) is 7.49. The van der Waals surface area contributed by atoms with Crippen LogP contribution in [0, 0.1) is 17.8 Å². The lowest BCUT2D eigenvalue weighted by atomic mass is 10.1. The number of benzene rings is 1. The van der Waals surface area contributed by atoms with E-state index in [4.69, 9.17) is 9.84 Å². The molecule has 114 valence electrons. The lowest BCUT2D eigenvalue weighted by Gasteiger charge is -2.26. The molecule has 0 aromatic heterocycles. The monoisotopic (exact) mass is 287 g/mol. The Morgan fingerprint density at radius 3 is 2.71 bits per heavy atom. The van der Waals surface area contributed by atoms with E-state index in [1.54, 1.807) is 7.11 Å². The van der Waals surface area contributed by atoms with Crippen LogP contribution in [-0.2, 0) is 6.54 Å². The summed E-state index contributed by atoms with van der Waals surface area (Å²) in [5.74, 6) is 7.31. The van der Waals surface area contributed by atoms with Gasteiger partial charge < -0.3 is 9.84 Å². The van der Waals surface area contributed by atoms with E-state index in [0.29, 0.717) is 6.04 Å². The molecule has 1 fully saturated rings. The largest absolute Gasteiger partial charge is 0.495 e. The number of rotatable bonds is 6. The molecule has 0 radical (unpaired) electrons. The highest BCUT2D eigenvalue weighted by atomic mass is 16.5. The fourth-order valence-corrected chi connectivity index (χ4v) is 2.41. The minimum atomic E-state index is -0.132. The van der Waals surface area contributed by atoms with Crippen molar-refractivity contribution in [2.45, 2.75) is 39.3 Å². The van der Waals surface area contributed by atoms with Crippen LogP contribution in [0.1, 0.15) is 37.8 Å². The molecule has 0 spiro atoms. The average Bonchev–Trinajstić information content (AvgIpc) is 3.28. The van der Waals surface area contributed by atoms with Gasteiger partial charge in [-0.3, -0.25) is 4.90 Å². The van der Waals surface area contributed by atoms with Crippen LogP contribution in [0.25, 0.3) is 0 Å². The third-order valence-corrected chi connectivity index (χ3v) is 3.87. The lowest BCUT2D eigenvalue weighted by molar-refractivity contribution is 0.203. The van der Waals surface area contributed by atoms with E-state index in [-0.39, 0.29) is 6.61 Å². The maximum Gasteiger partial charge on any atom is 0.134 e. The van der Waals surface area contributed by atoms with Crippen LogP contribution in [0.15, 0.2) is 18.2 Å². The first-order chi connectivity index (χ1) is 10.1. The summed E-state index contributed by atoms with van der Waals surface area (Å²) in [6.07, 6.45) is 2.75. The predicted octanol–water partition coefficient (Wildman–Crippen LogP) is 2.66. The van der Waals surface area contributed by atoms with Crippen LogP contribution < -0.4 is 4.74 Å². The van der Waals surface area contributed by atoms with Crippen molar-refractivity contribution < 1.29 is 9.84 Å². The molecule has 1 aromatic carbocycles. The third kappa shape index (κ3) is 4.77. The molecular formula is C18H25NO2. The van der Waals surface area contributed by atoms with Gasteiger partial charge in [0.1, 0.15) is 12.4 Å². The standard InChI is InChI=1S/C18H25NO2/c1-14(2)19(12-15-6-7-15)13-16-8-9-18(21-3)17(11-16)5-4-10-20/h8-9,11,14-15,20H,6-7,10,12-13H2,1-3H3. The van der Waals surface area contributed by atoms with Crippen molar-refractivity contribution >= 4 is 0 Å². The van der Waals surface area contributed by atoms with Gasteiger partial charge in [0, 0.05) is 19.1 Å². The highest BCUT2D eigenvalue weighted by Gasteiger charge is 2.25. The van der Waals surface area contributed by atoms with Gasteiger partial charge in [0.2, 0.25) is 0 Å². The molecule has 0 saturated heterocycles. The van der Waals surface area contributed by atoms with E-state index in [1.807, 2.05) is 6.07 Å². The molecule has 0 unspecified atom stereocenters. The van der Waals surface area contributed by atoms with Crippen molar-refractivity contribution in [3.63, 3.8) is 0 Å². The Balaban J connectivity index is 2.14. The summed E-state index contributed by atoms with van der Waals surface area (Å²) in [5, 5.41) is 8.86. The van der Waals surface area contributed by atoms with Crippen molar-refractivity contribution in [2.75, 3.05) is 20.3 Å². The zero-order valence-electron chi connectivity index (χ0n) is 13.2.